The molecule has 1 fully saturated rings. The summed E-state index contributed by atoms with van der Waals surface area (Å²) in [5, 5.41) is 0. The zero-order chi connectivity index (χ0) is 16.9. The molecular formula is C21H28N2O. The van der Waals surface area contributed by atoms with E-state index < -0.39 is 0 Å². The Labute approximate surface area is 145 Å². The highest BCUT2D eigenvalue weighted by Gasteiger charge is 2.22. The number of hydrogen-bond acceptors (Lipinski definition) is 3. The van der Waals surface area contributed by atoms with Crippen LogP contribution in [0.25, 0.3) is 0 Å². The Bertz CT molecular complexity index is 645. The monoisotopic (exact) mass is 324 g/mol. The molecule has 0 spiro atoms. The molecule has 0 amide bonds. The second-order valence-corrected chi connectivity index (χ2v) is 6.75. The predicted octanol–water partition coefficient (Wildman–Crippen LogP) is 3.88. The number of nitrogens with zero attached hydrogens (tertiary/aromatic N) is 2. The fourth-order valence-electron chi connectivity index (χ4n) is 3.37. The van der Waals surface area contributed by atoms with Crippen molar-refractivity contribution in [2.75, 3.05) is 33.3 Å². The van der Waals surface area contributed by atoms with Crippen LogP contribution in [0.2, 0.25) is 0 Å². The highest BCUT2D eigenvalue weighted by atomic mass is 16.5. The zero-order valence-corrected chi connectivity index (χ0v) is 15.0. The van der Waals surface area contributed by atoms with Crippen LogP contribution in [0.1, 0.15) is 29.7 Å². The summed E-state index contributed by atoms with van der Waals surface area (Å²) in [5.41, 5.74) is 4.08. The molecule has 1 saturated heterocycles. The number of rotatable bonds is 5. The fraction of sp³-hybridized carbons (Fsp3) is 0.429. The van der Waals surface area contributed by atoms with Crippen molar-refractivity contribution in [3.05, 3.63) is 65.2 Å². The van der Waals surface area contributed by atoms with Crippen LogP contribution in [0.5, 0.6) is 5.75 Å². The quantitative estimate of drug-likeness (QED) is 0.830. The lowest BCUT2D eigenvalue weighted by Gasteiger charge is -2.38. The molecule has 1 unspecified atom stereocenters. The van der Waals surface area contributed by atoms with Crippen molar-refractivity contribution in [2.24, 2.45) is 0 Å². The molecule has 2 aromatic rings. The van der Waals surface area contributed by atoms with E-state index in [0.717, 1.165) is 38.5 Å². The summed E-state index contributed by atoms with van der Waals surface area (Å²) in [6.45, 7) is 9.98. The summed E-state index contributed by atoms with van der Waals surface area (Å²) in [6, 6.07) is 17.8. The van der Waals surface area contributed by atoms with E-state index in [2.05, 4.69) is 66.1 Å². The molecule has 0 bridgehead atoms. The van der Waals surface area contributed by atoms with Gasteiger partial charge in [0.15, 0.2) is 0 Å². The first-order valence-corrected chi connectivity index (χ1v) is 8.81. The van der Waals surface area contributed by atoms with Gasteiger partial charge >= 0.3 is 0 Å². The second-order valence-electron chi connectivity index (χ2n) is 6.75. The Balaban J connectivity index is 1.55. The largest absolute Gasteiger partial charge is 0.497 e. The number of methoxy groups -OCH3 is 1. The third kappa shape index (κ3) is 4.16. The first-order chi connectivity index (χ1) is 11.7. The number of benzene rings is 2. The van der Waals surface area contributed by atoms with Crippen molar-refractivity contribution in [3.8, 4) is 5.75 Å². The summed E-state index contributed by atoms with van der Waals surface area (Å²) in [4.78, 5) is 5.12. The van der Waals surface area contributed by atoms with Gasteiger partial charge < -0.3 is 4.74 Å². The maximum absolute atomic E-state index is 5.36. The Morgan fingerprint density at radius 1 is 1.00 bits per heavy atom. The summed E-state index contributed by atoms with van der Waals surface area (Å²) < 4.78 is 5.36. The summed E-state index contributed by atoms with van der Waals surface area (Å²) in [7, 11) is 1.73. The maximum Gasteiger partial charge on any atom is 0.119 e. The molecule has 3 heteroatoms. The van der Waals surface area contributed by atoms with Crippen molar-refractivity contribution in [3.63, 3.8) is 0 Å². The molecule has 3 nitrogen and oxygen atoms in total. The minimum absolute atomic E-state index is 0.432. The number of ether oxygens (including phenoxy) is 1. The second kappa shape index (κ2) is 7.82. The first-order valence-electron chi connectivity index (χ1n) is 8.81. The van der Waals surface area contributed by atoms with E-state index in [1.165, 1.54) is 16.7 Å². The zero-order valence-electron chi connectivity index (χ0n) is 15.0. The van der Waals surface area contributed by atoms with E-state index in [1.54, 1.807) is 7.11 Å². The Hall–Kier alpha value is -1.84. The maximum atomic E-state index is 5.36. The normalized spacial score (nSPS) is 17.6. The molecule has 2 aromatic carbocycles. The van der Waals surface area contributed by atoms with Gasteiger partial charge in [-0.25, -0.2) is 0 Å². The van der Waals surface area contributed by atoms with Crippen molar-refractivity contribution in [1.29, 1.82) is 0 Å². The van der Waals surface area contributed by atoms with Gasteiger partial charge in [-0.1, -0.05) is 42.0 Å². The molecule has 24 heavy (non-hydrogen) atoms. The highest BCUT2D eigenvalue weighted by molar-refractivity contribution is 5.30. The predicted molar refractivity (Wildman–Crippen MR) is 99.4 cm³/mol. The molecule has 1 aliphatic rings. The topological polar surface area (TPSA) is 15.7 Å². The smallest absolute Gasteiger partial charge is 0.119 e. The third-order valence-electron chi connectivity index (χ3n) is 5.06. The van der Waals surface area contributed by atoms with Gasteiger partial charge in [0, 0.05) is 38.8 Å². The van der Waals surface area contributed by atoms with Gasteiger partial charge in [0.2, 0.25) is 0 Å². The van der Waals surface area contributed by atoms with E-state index in [0.29, 0.717) is 6.04 Å². The minimum atomic E-state index is 0.432. The standard InChI is InChI=1S/C21H28N2O/c1-17-7-9-19(10-8-17)16-22-11-13-23(14-12-22)18(2)20-5-4-6-21(15-20)24-3/h4-10,15,18H,11-14,16H2,1-3H3. The average Bonchev–Trinajstić information content (AvgIpc) is 2.64. The Morgan fingerprint density at radius 3 is 2.38 bits per heavy atom. The SMILES string of the molecule is COc1cccc(C(C)N2CCN(Cc3ccc(C)cc3)CC2)c1. The lowest BCUT2D eigenvalue weighted by molar-refractivity contribution is 0.0978. The summed E-state index contributed by atoms with van der Waals surface area (Å²) in [6.07, 6.45) is 0. The van der Waals surface area contributed by atoms with Crippen LogP contribution in [-0.4, -0.2) is 43.1 Å². The van der Waals surface area contributed by atoms with Crippen LogP contribution in [0, 0.1) is 6.92 Å². The van der Waals surface area contributed by atoms with Crippen molar-refractivity contribution < 1.29 is 4.74 Å². The number of piperazine rings is 1. The molecule has 0 aromatic heterocycles. The van der Waals surface area contributed by atoms with Crippen LogP contribution >= 0.6 is 0 Å². The fourth-order valence-corrected chi connectivity index (χ4v) is 3.37. The van der Waals surface area contributed by atoms with Crippen molar-refractivity contribution in [1.82, 2.24) is 9.80 Å². The number of hydrogen-bond donors (Lipinski definition) is 0. The molecule has 3 rings (SSSR count). The van der Waals surface area contributed by atoms with Crippen LogP contribution in [-0.2, 0) is 6.54 Å². The molecule has 0 saturated carbocycles. The van der Waals surface area contributed by atoms with Crippen molar-refractivity contribution >= 4 is 0 Å². The van der Waals surface area contributed by atoms with Crippen LogP contribution in [0.4, 0.5) is 0 Å². The molecule has 0 radical (unpaired) electrons. The molecule has 128 valence electrons. The summed E-state index contributed by atoms with van der Waals surface area (Å²) >= 11 is 0. The van der Waals surface area contributed by atoms with E-state index in [-0.39, 0.29) is 0 Å². The average molecular weight is 324 g/mol. The van der Waals surface area contributed by atoms with Crippen molar-refractivity contribution in [2.45, 2.75) is 26.4 Å². The van der Waals surface area contributed by atoms with Gasteiger partial charge in [0.25, 0.3) is 0 Å². The van der Waals surface area contributed by atoms with E-state index in [4.69, 9.17) is 4.74 Å². The van der Waals surface area contributed by atoms with E-state index in [9.17, 15) is 0 Å². The van der Waals surface area contributed by atoms with Gasteiger partial charge in [-0.3, -0.25) is 9.80 Å². The molecule has 0 aliphatic carbocycles. The van der Waals surface area contributed by atoms with Crippen LogP contribution in [0.3, 0.4) is 0 Å². The highest BCUT2D eigenvalue weighted by Crippen LogP contribution is 2.25. The Kier molecular flexibility index (Phi) is 5.54. The van der Waals surface area contributed by atoms with Gasteiger partial charge in [0.1, 0.15) is 5.75 Å². The lowest BCUT2D eigenvalue weighted by atomic mass is 10.1. The first kappa shape index (κ1) is 17.0. The number of aryl methyl sites for hydroxylation is 1. The molecule has 1 heterocycles. The van der Waals surface area contributed by atoms with Gasteiger partial charge in [0.05, 0.1) is 7.11 Å². The van der Waals surface area contributed by atoms with Gasteiger partial charge in [-0.15, -0.1) is 0 Å². The molecule has 1 aliphatic heterocycles. The Morgan fingerprint density at radius 2 is 1.71 bits per heavy atom. The van der Waals surface area contributed by atoms with Gasteiger partial charge in [-0.2, -0.15) is 0 Å². The molecule has 1 atom stereocenters. The molecule has 0 N–H and O–H groups in total. The van der Waals surface area contributed by atoms with E-state index in [1.807, 2.05) is 6.07 Å². The third-order valence-corrected chi connectivity index (χ3v) is 5.06. The lowest BCUT2D eigenvalue weighted by Crippen LogP contribution is -2.46. The summed E-state index contributed by atoms with van der Waals surface area (Å²) in [5.74, 6) is 0.942. The molecular weight excluding hydrogens is 296 g/mol. The van der Waals surface area contributed by atoms with E-state index >= 15 is 0 Å². The van der Waals surface area contributed by atoms with Crippen LogP contribution < -0.4 is 4.74 Å². The van der Waals surface area contributed by atoms with Gasteiger partial charge in [-0.05, 0) is 37.1 Å². The minimum Gasteiger partial charge on any atom is -0.497 e. The van der Waals surface area contributed by atoms with Crippen LogP contribution in [0.15, 0.2) is 48.5 Å².